The van der Waals surface area contributed by atoms with Crippen LogP contribution in [-0.2, 0) is 26.1 Å². The van der Waals surface area contributed by atoms with Crippen molar-refractivity contribution in [3.63, 3.8) is 0 Å². The van der Waals surface area contributed by atoms with Gasteiger partial charge < -0.3 is 0 Å². The number of aryl methyl sites for hydroxylation is 2. The Balaban J connectivity index is 1.69. The van der Waals surface area contributed by atoms with Gasteiger partial charge in [0.05, 0.1) is 0 Å². The van der Waals surface area contributed by atoms with Crippen LogP contribution < -0.4 is 13.9 Å². The molecule has 0 spiro atoms. The summed E-state index contributed by atoms with van der Waals surface area (Å²) < 4.78 is 71.8. The van der Waals surface area contributed by atoms with Gasteiger partial charge in [-0.05, 0) is 0 Å². The number of benzene rings is 1. The van der Waals surface area contributed by atoms with Crippen LogP contribution in [0.4, 0.5) is 5.69 Å². The summed E-state index contributed by atoms with van der Waals surface area (Å²) in [6.45, 7) is 6.46. The Hall–Kier alpha value is -1.64. The third-order valence-electron chi connectivity index (χ3n) is 5.62. The average molecular weight is 648 g/mol. The zero-order valence-electron chi connectivity index (χ0n) is 20.5. The monoisotopic (exact) mass is 648 g/mol. The zero-order chi connectivity index (χ0) is 27.0. The number of rotatable bonds is 10. The summed E-state index contributed by atoms with van der Waals surface area (Å²) in [5.41, 5.74) is 3.18. The molecule has 200 valence electrons. The van der Waals surface area contributed by atoms with E-state index >= 15 is 0 Å². The topological polar surface area (TPSA) is 134 Å². The molecule has 1 aliphatic heterocycles. The zero-order valence-corrected chi connectivity index (χ0v) is 25.4. The molecule has 37 heavy (non-hydrogen) atoms. The fourth-order valence-corrected chi connectivity index (χ4v) is 9.89. The minimum absolute atomic E-state index is 0.0186. The Kier molecular flexibility index (Phi) is 8.61. The van der Waals surface area contributed by atoms with Gasteiger partial charge in [-0.25, -0.2) is 0 Å². The second-order valence-electron chi connectivity index (χ2n) is 8.65. The number of anilines is 1. The molecule has 0 saturated heterocycles. The molecule has 1 aromatic carbocycles. The van der Waals surface area contributed by atoms with Gasteiger partial charge in [-0.2, -0.15) is 0 Å². The quantitative estimate of drug-likeness (QED) is 0.142. The first-order valence-electron chi connectivity index (χ1n) is 11.5. The molecule has 3 aromatic rings. The van der Waals surface area contributed by atoms with E-state index in [-0.39, 0.29) is 20.7 Å². The van der Waals surface area contributed by atoms with Gasteiger partial charge in [0.15, 0.2) is 0 Å². The van der Waals surface area contributed by atoms with Crippen molar-refractivity contribution in [2.24, 2.45) is 0 Å². The van der Waals surface area contributed by atoms with Crippen molar-refractivity contribution >= 4 is 83.8 Å². The maximum atomic E-state index is 11.6. The van der Waals surface area contributed by atoms with E-state index in [2.05, 4.69) is 34.2 Å². The molecule has 0 bridgehead atoms. The van der Waals surface area contributed by atoms with Crippen molar-refractivity contribution in [1.82, 2.24) is 4.98 Å². The third kappa shape index (κ3) is 7.27. The third-order valence-corrected chi connectivity index (χ3v) is 11.5. The van der Waals surface area contributed by atoms with Gasteiger partial charge in [-0.3, -0.25) is 0 Å². The van der Waals surface area contributed by atoms with E-state index in [0.29, 0.717) is 40.5 Å². The molecular formula is C23H26N3O6S4Se-. The number of aromatic nitrogens is 2. The number of allylic oxidation sites excluding steroid dienone is 2. The Morgan fingerprint density at radius 2 is 1.89 bits per heavy atom. The molecule has 0 aliphatic carbocycles. The number of unbranched alkanes of at least 4 members (excludes halogenated alkanes) is 1. The molecule has 9 nitrogen and oxygen atoms in total. The van der Waals surface area contributed by atoms with Gasteiger partial charge in [0.2, 0.25) is 0 Å². The fourth-order valence-electron chi connectivity index (χ4n) is 3.94. The summed E-state index contributed by atoms with van der Waals surface area (Å²) in [6.07, 6.45) is 5.55. The molecule has 0 radical (unpaired) electrons. The van der Waals surface area contributed by atoms with Crippen LogP contribution in [0.2, 0.25) is 0 Å². The second-order valence-corrected chi connectivity index (χ2v) is 16.0. The molecule has 0 N–H and O–H groups in total. The number of thiazole rings is 2. The molecule has 14 heteroatoms. The van der Waals surface area contributed by atoms with Crippen LogP contribution in [0.1, 0.15) is 41.8 Å². The summed E-state index contributed by atoms with van der Waals surface area (Å²) in [5.74, 6) is -1.03. The summed E-state index contributed by atoms with van der Waals surface area (Å²) >= 11 is 2.73. The maximum absolute atomic E-state index is 11.6. The Labute approximate surface area is 231 Å². The van der Waals surface area contributed by atoms with Crippen LogP contribution in [0.15, 0.2) is 34.4 Å². The van der Waals surface area contributed by atoms with Gasteiger partial charge in [-0.1, -0.05) is 0 Å². The molecular weight excluding hydrogens is 621 g/mol. The molecule has 4 rings (SSSR count). The van der Waals surface area contributed by atoms with Gasteiger partial charge in [0.25, 0.3) is 0 Å². The first-order valence-corrected chi connectivity index (χ1v) is 18.0. The average Bonchev–Trinajstić information content (AvgIpc) is 3.40. The predicted octanol–water partition coefficient (Wildman–Crippen LogP) is 2.57. The number of hydrogen-bond acceptors (Lipinski definition) is 10. The van der Waals surface area contributed by atoms with Gasteiger partial charge in [-0.15, -0.1) is 0 Å². The van der Waals surface area contributed by atoms with Gasteiger partial charge >= 0.3 is 232 Å². The molecule has 0 unspecified atom stereocenters. The van der Waals surface area contributed by atoms with E-state index in [1.807, 2.05) is 26.8 Å². The van der Waals surface area contributed by atoms with E-state index in [4.69, 9.17) is 0 Å². The molecule has 0 saturated carbocycles. The van der Waals surface area contributed by atoms with Crippen molar-refractivity contribution in [1.29, 1.82) is 0 Å². The molecule has 0 amide bonds. The van der Waals surface area contributed by atoms with Gasteiger partial charge in [0.1, 0.15) is 0 Å². The number of hydrogen-bond donors (Lipinski definition) is 0. The van der Waals surface area contributed by atoms with E-state index in [9.17, 15) is 25.9 Å². The normalized spacial score (nSPS) is 15.8. The van der Waals surface area contributed by atoms with Crippen LogP contribution in [0.25, 0.3) is 15.7 Å². The summed E-state index contributed by atoms with van der Waals surface area (Å²) in [4.78, 5) is 8.03. The predicted molar refractivity (Wildman–Crippen MR) is 146 cm³/mol. The van der Waals surface area contributed by atoms with E-state index in [0.717, 1.165) is 26.4 Å². The van der Waals surface area contributed by atoms with Crippen molar-refractivity contribution in [3.05, 3.63) is 50.0 Å². The molecule has 0 atom stereocenters. The first kappa shape index (κ1) is 28.4. The minimum atomic E-state index is -4.51. The molecule has 1 aliphatic rings. The SMILES string of the molecule is CCC(=C/c1sc2nc(C)sc2[n+]1CS(=O)(=O)[O-])/C=C1/[Se]c2ccc(C)cc2N1CCCCS(=O)(=O)[O-]. The second kappa shape index (κ2) is 11.2. The standard InChI is InChI=1S/C23H27N3O6S4Se/c1-4-17(12-20-26(14-36(30,31)32)23-22(34-20)24-16(3)33-23)13-21-25(9-5-6-10-35(27,28)29)18-11-15(2)7-8-19(18)37-21/h7-8,11-13H,4-6,9-10,14H2,1-3H3,(H-,27,28,29,30,31,32)/p-1. The van der Waals surface area contributed by atoms with Crippen LogP contribution >= 0.6 is 22.7 Å². The first-order chi connectivity index (χ1) is 17.3. The fraction of sp³-hybridized carbons (Fsp3) is 0.391. The van der Waals surface area contributed by atoms with E-state index in [1.165, 1.54) is 31.7 Å². The van der Waals surface area contributed by atoms with E-state index < -0.39 is 26.1 Å². The van der Waals surface area contributed by atoms with Crippen LogP contribution in [0.5, 0.6) is 0 Å². The molecule has 0 fully saturated rings. The van der Waals surface area contributed by atoms with Gasteiger partial charge in [0, 0.05) is 0 Å². The molecule has 2 aromatic heterocycles. The number of fused-ring (bicyclic) bond motifs is 2. The van der Waals surface area contributed by atoms with Crippen LogP contribution in [-0.4, -0.2) is 58.2 Å². The van der Waals surface area contributed by atoms with Crippen LogP contribution in [0.3, 0.4) is 0 Å². The Bertz CT molecular complexity index is 1610. The van der Waals surface area contributed by atoms with Crippen molar-refractivity contribution < 1.29 is 30.5 Å². The Morgan fingerprint density at radius 1 is 1.14 bits per heavy atom. The number of nitrogens with zero attached hydrogens (tertiary/aromatic N) is 3. The van der Waals surface area contributed by atoms with Crippen molar-refractivity contribution in [2.45, 2.75) is 45.9 Å². The molecule has 3 heterocycles. The van der Waals surface area contributed by atoms with Crippen molar-refractivity contribution in [2.75, 3.05) is 17.2 Å². The summed E-state index contributed by atoms with van der Waals surface area (Å²) in [7, 11) is -8.75. The van der Waals surface area contributed by atoms with Crippen LogP contribution in [0, 0.1) is 13.8 Å². The van der Waals surface area contributed by atoms with Crippen molar-refractivity contribution in [3.8, 4) is 0 Å². The van der Waals surface area contributed by atoms with E-state index in [1.54, 1.807) is 0 Å². The summed E-state index contributed by atoms with van der Waals surface area (Å²) in [6, 6.07) is 6.30. The summed E-state index contributed by atoms with van der Waals surface area (Å²) in [5, 5.41) is 1.45. The Morgan fingerprint density at radius 3 is 2.57 bits per heavy atom.